The molecule has 10 heteroatoms. The van der Waals surface area contributed by atoms with Crippen molar-refractivity contribution in [3.8, 4) is 5.75 Å². The third kappa shape index (κ3) is 5.02. The zero-order chi connectivity index (χ0) is 20.0. The molecule has 0 heterocycles. The molecule has 0 spiro atoms. The maximum Gasteiger partial charge on any atom is 0.340 e. The van der Waals surface area contributed by atoms with Gasteiger partial charge in [0.25, 0.3) is 17.5 Å². The van der Waals surface area contributed by atoms with Crippen molar-refractivity contribution in [3.05, 3.63) is 68.7 Å². The molecule has 0 aromatic heterocycles. The monoisotopic (exact) mass is 392 g/mol. The van der Waals surface area contributed by atoms with Crippen LogP contribution in [-0.4, -0.2) is 36.4 Å². The molecule has 0 aliphatic carbocycles. The summed E-state index contributed by atoms with van der Waals surface area (Å²) < 4.78 is 9.78. The number of hydrogen-bond acceptors (Lipinski definition) is 7. The molecule has 1 N–H and O–H groups in total. The Morgan fingerprint density at radius 1 is 1.15 bits per heavy atom. The van der Waals surface area contributed by atoms with E-state index in [-0.39, 0.29) is 27.6 Å². The van der Waals surface area contributed by atoms with E-state index >= 15 is 0 Å². The number of amides is 2. The third-order valence-electron chi connectivity index (χ3n) is 3.32. The molecule has 140 valence electrons. The lowest BCUT2D eigenvalue weighted by Crippen LogP contribution is -2.34. The fourth-order valence-electron chi connectivity index (χ4n) is 2.05. The van der Waals surface area contributed by atoms with Crippen LogP contribution < -0.4 is 10.1 Å². The average molecular weight is 393 g/mol. The van der Waals surface area contributed by atoms with Crippen LogP contribution in [0.3, 0.4) is 0 Å². The molecule has 0 atom stereocenters. The largest absolute Gasteiger partial charge is 0.496 e. The normalized spacial score (nSPS) is 10.0. The number of nitrogens with one attached hydrogen (secondary N) is 1. The van der Waals surface area contributed by atoms with Crippen LogP contribution in [0.5, 0.6) is 5.75 Å². The Labute approximate surface area is 158 Å². The number of hydrogen-bond donors (Lipinski definition) is 1. The summed E-state index contributed by atoms with van der Waals surface area (Å²) >= 11 is 5.82. The summed E-state index contributed by atoms with van der Waals surface area (Å²) in [7, 11) is 1.37. The lowest BCUT2D eigenvalue weighted by molar-refractivity contribution is -0.384. The van der Waals surface area contributed by atoms with Crippen LogP contribution >= 0.6 is 11.6 Å². The summed E-state index contributed by atoms with van der Waals surface area (Å²) in [4.78, 5) is 45.9. The van der Waals surface area contributed by atoms with E-state index in [1.165, 1.54) is 19.2 Å². The lowest BCUT2D eigenvalue weighted by atomic mass is 10.2. The van der Waals surface area contributed by atoms with Gasteiger partial charge < -0.3 is 9.47 Å². The highest BCUT2D eigenvalue weighted by Gasteiger charge is 2.19. The number of benzene rings is 2. The fraction of sp³-hybridized carbons (Fsp3) is 0.118. The first-order chi connectivity index (χ1) is 12.8. The first kappa shape index (κ1) is 19.9. The molecule has 0 aliphatic heterocycles. The molecule has 2 aromatic rings. The van der Waals surface area contributed by atoms with Crippen molar-refractivity contribution in [1.82, 2.24) is 5.32 Å². The SMILES string of the molecule is COc1ccccc1C(=O)NC(=O)COC(=O)c1cc([N+](=O)[O-])ccc1Cl. The van der Waals surface area contributed by atoms with Gasteiger partial charge in [0.15, 0.2) is 6.61 Å². The van der Waals surface area contributed by atoms with Crippen LogP contribution in [0.15, 0.2) is 42.5 Å². The second-order valence-electron chi connectivity index (χ2n) is 5.07. The molecule has 0 unspecified atom stereocenters. The van der Waals surface area contributed by atoms with Crippen molar-refractivity contribution in [2.24, 2.45) is 0 Å². The summed E-state index contributed by atoms with van der Waals surface area (Å²) in [5.41, 5.74) is -0.502. The van der Waals surface area contributed by atoms with E-state index in [1.807, 2.05) is 5.32 Å². The molecule has 9 nitrogen and oxygen atoms in total. The van der Waals surface area contributed by atoms with E-state index in [9.17, 15) is 24.5 Å². The molecule has 27 heavy (non-hydrogen) atoms. The van der Waals surface area contributed by atoms with Crippen LogP contribution in [0.25, 0.3) is 0 Å². The number of rotatable bonds is 6. The van der Waals surface area contributed by atoms with E-state index in [0.29, 0.717) is 0 Å². The number of para-hydroxylation sites is 1. The summed E-state index contributed by atoms with van der Waals surface area (Å²) in [6, 6.07) is 9.47. The van der Waals surface area contributed by atoms with Gasteiger partial charge in [-0.2, -0.15) is 0 Å². The summed E-state index contributed by atoms with van der Waals surface area (Å²) in [5, 5.41) is 12.7. The van der Waals surface area contributed by atoms with Crippen molar-refractivity contribution in [2.75, 3.05) is 13.7 Å². The summed E-state index contributed by atoms with van der Waals surface area (Å²) in [6.45, 7) is -0.779. The van der Waals surface area contributed by atoms with Gasteiger partial charge in [-0.15, -0.1) is 0 Å². The topological polar surface area (TPSA) is 125 Å². The number of carbonyl (C=O) groups is 3. The number of ether oxygens (including phenoxy) is 2. The van der Waals surface area contributed by atoms with Crippen LogP contribution in [-0.2, 0) is 9.53 Å². The van der Waals surface area contributed by atoms with Gasteiger partial charge in [-0.3, -0.25) is 25.0 Å². The predicted octanol–water partition coefficient (Wildman–Crippen LogP) is 2.37. The maximum absolute atomic E-state index is 12.1. The summed E-state index contributed by atoms with van der Waals surface area (Å²) in [6.07, 6.45) is 0. The molecule has 0 fully saturated rings. The Morgan fingerprint density at radius 2 is 1.85 bits per heavy atom. The first-order valence-electron chi connectivity index (χ1n) is 7.41. The highest BCUT2D eigenvalue weighted by molar-refractivity contribution is 6.33. The Kier molecular flexibility index (Phi) is 6.45. The maximum atomic E-state index is 12.1. The van der Waals surface area contributed by atoms with E-state index in [2.05, 4.69) is 0 Å². The molecule has 0 saturated carbocycles. The van der Waals surface area contributed by atoms with Gasteiger partial charge in [0.1, 0.15) is 5.75 Å². The molecular weight excluding hydrogens is 380 g/mol. The zero-order valence-corrected chi connectivity index (χ0v) is 14.7. The summed E-state index contributed by atoms with van der Waals surface area (Å²) in [5.74, 6) is -2.39. The van der Waals surface area contributed by atoms with Crippen molar-refractivity contribution < 1.29 is 28.8 Å². The van der Waals surface area contributed by atoms with Crippen molar-refractivity contribution >= 4 is 35.1 Å². The predicted molar refractivity (Wildman–Crippen MR) is 93.9 cm³/mol. The number of nitro groups is 1. The number of nitrogens with zero attached hydrogens (tertiary/aromatic N) is 1. The van der Waals surface area contributed by atoms with E-state index in [0.717, 1.165) is 12.1 Å². The number of non-ortho nitro benzene ring substituents is 1. The number of methoxy groups -OCH3 is 1. The third-order valence-corrected chi connectivity index (χ3v) is 3.65. The van der Waals surface area contributed by atoms with Gasteiger partial charge in [0.05, 0.1) is 28.2 Å². The Balaban J connectivity index is 1.99. The Morgan fingerprint density at radius 3 is 2.52 bits per heavy atom. The van der Waals surface area contributed by atoms with Gasteiger partial charge >= 0.3 is 5.97 Å². The number of carbonyl (C=O) groups excluding carboxylic acids is 3. The van der Waals surface area contributed by atoms with Crippen molar-refractivity contribution in [2.45, 2.75) is 0 Å². The van der Waals surface area contributed by atoms with Gasteiger partial charge in [-0.25, -0.2) is 4.79 Å². The minimum atomic E-state index is -1.04. The molecule has 0 bridgehead atoms. The molecule has 2 rings (SSSR count). The van der Waals surface area contributed by atoms with Crippen LogP contribution in [0.4, 0.5) is 5.69 Å². The molecule has 2 amide bonds. The van der Waals surface area contributed by atoms with E-state index in [1.54, 1.807) is 18.2 Å². The van der Waals surface area contributed by atoms with Crippen LogP contribution in [0, 0.1) is 10.1 Å². The number of halogens is 1. The highest BCUT2D eigenvalue weighted by Crippen LogP contribution is 2.22. The second kappa shape index (κ2) is 8.77. The molecule has 0 saturated heterocycles. The molecule has 0 radical (unpaired) electrons. The standard InChI is InChI=1S/C17H13ClN2O7/c1-26-14-5-3-2-4-11(14)16(22)19-15(21)9-27-17(23)12-8-10(20(24)25)6-7-13(12)18/h2-8H,9H2,1H3,(H,19,21,22). The molecule has 0 aliphatic rings. The first-order valence-corrected chi connectivity index (χ1v) is 7.79. The van der Waals surface area contributed by atoms with Gasteiger partial charge in [0.2, 0.25) is 0 Å². The van der Waals surface area contributed by atoms with Crippen molar-refractivity contribution in [3.63, 3.8) is 0 Å². The van der Waals surface area contributed by atoms with Crippen LogP contribution in [0.2, 0.25) is 5.02 Å². The van der Waals surface area contributed by atoms with Gasteiger partial charge in [-0.1, -0.05) is 23.7 Å². The van der Waals surface area contributed by atoms with Crippen LogP contribution in [0.1, 0.15) is 20.7 Å². The second-order valence-corrected chi connectivity index (χ2v) is 5.48. The number of nitro benzene ring substituents is 1. The minimum absolute atomic E-state index is 0.0730. The number of esters is 1. The Bertz CT molecular complexity index is 914. The smallest absolute Gasteiger partial charge is 0.340 e. The van der Waals surface area contributed by atoms with E-state index in [4.69, 9.17) is 21.1 Å². The lowest BCUT2D eigenvalue weighted by Gasteiger charge is -2.09. The number of imide groups is 1. The molecule has 2 aromatic carbocycles. The molecular formula is C17H13ClN2O7. The minimum Gasteiger partial charge on any atom is -0.496 e. The average Bonchev–Trinajstić information content (AvgIpc) is 2.66. The highest BCUT2D eigenvalue weighted by atomic mass is 35.5. The quantitative estimate of drug-likeness (QED) is 0.454. The Hall–Kier alpha value is -3.46. The van der Waals surface area contributed by atoms with Gasteiger partial charge in [0, 0.05) is 12.1 Å². The van der Waals surface area contributed by atoms with Gasteiger partial charge in [-0.05, 0) is 18.2 Å². The van der Waals surface area contributed by atoms with E-state index < -0.39 is 29.3 Å². The fourth-order valence-corrected chi connectivity index (χ4v) is 2.25. The van der Waals surface area contributed by atoms with Crippen molar-refractivity contribution in [1.29, 1.82) is 0 Å². The zero-order valence-electron chi connectivity index (χ0n) is 13.9.